The quantitative estimate of drug-likeness (QED) is 0.718. The number of hydrogen-bond acceptors (Lipinski definition) is 2. The molecular weight excluding hydrogens is 285 g/mol. The molecule has 0 radical (unpaired) electrons. The van der Waals surface area contributed by atoms with Gasteiger partial charge in [-0.1, -0.05) is 30.3 Å². The molecule has 1 heterocycles. The Labute approximate surface area is 123 Å². The highest BCUT2D eigenvalue weighted by Gasteiger charge is 2.15. The van der Waals surface area contributed by atoms with Gasteiger partial charge in [-0.05, 0) is 5.56 Å². The first kappa shape index (κ1) is 15.6. The molecule has 1 aromatic heterocycles. The largest absolute Gasteiger partial charge is 1.00 e. The second-order valence-corrected chi connectivity index (χ2v) is 4.03. The number of ether oxygens (including phenoxy) is 2. The molecule has 0 amide bonds. The Kier molecular flexibility index (Phi) is 6.46. The summed E-state index contributed by atoms with van der Waals surface area (Å²) in [4.78, 5) is 3.04. The Bertz CT molecular complexity index is 506. The van der Waals surface area contributed by atoms with Crippen molar-refractivity contribution >= 4 is 11.6 Å². The topological polar surface area (TPSA) is 32.6 Å². The van der Waals surface area contributed by atoms with Crippen LogP contribution in [0.15, 0.2) is 42.6 Å². The van der Waals surface area contributed by atoms with Crippen LogP contribution in [0.1, 0.15) is 11.3 Å². The molecule has 0 saturated carbocycles. The molecular formula is C14H15Cl2NO2. The fourth-order valence-electron chi connectivity index (χ4n) is 1.68. The number of aromatic amines is 1. The highest BCUT2D eigenvalue weighted by atomic mass is 35.5. The number of pyridine rings is 1. The highest BCUT2D eigenvalue weighted by Crippen LogP contribution is 2.29. The summed E-state index contributed by atoms with van der Waals surface area (Å²) in [6.45, 7) is 0.503. The Morgan fingerprint density at radius 1 is 1.16 bits per heavy atom. The second-order valence-electron chi connectivity index (χ2n) is 3.76. The number of alkyl halides is 1. The molecule has 1 aromatic carbocycles. The molecule has 19 heavy (non-hydrogen) atoms. The normalized spacial score (nSPS) is 9.58. The monoisotopic (exact) mass is 299 g/mol. The van der Waals surface area contributed by atoms with Gasteiger partial charge in [0.15, 0.2) is 11.9 Å². The van der Waals surface area contributed by atoms with Crippen LogP contribution in [0.5, 0.6) is 11.5 Å². The van der Waals surface area contributed by atoms with Gasteiger partial charge in [-0.15, -0.1) is 11.6 Å². The standard InChI is InChI=1S/C14H14ClNO2.ClH/c1-17-14-12(9-15)16-8-7-13(14)18-10-11-5-3-2-4-6-11;/h2-8H,9-10H2,1H3;1H. The molecule has 0 saturated heterocycles. The van der Waals surface area contributed by atoms with E-state index in [1.807, 2.05) is 36.4 Å². The highest BCUT2D eigenvalue weighted by molar-refractivity contribution is 6.17. The summed E-state index contributed by atoms with van der Waals surface area (Å²) < 4.78 is 11.1. The van der Waals surface area contributed by atoms with E-state index in [2.05, 4.69) is 4.98 Å². The number of hydrogen-bond donors (Lipinski definition) is 0. The summed E-state index contributed by atoms with van der Waals surface area (Å²) in [5.74, 6) is 1.70. The van der Waals surface area contributed by atoms with E-state index in [9.17, 15) is 0 Å². The van der Waals surface area contributed by atoms with Gasteiger partial charge in [-0.3, -0.25) is 0 Å². The zero-order valence-corrected chi connectivity index (χ0v) is 12.0. The zero-order chi connectivity index (χ0) is 12.8. The van der Waals surface area contributed by atoms with Gasteiger partial charge in [-0.2, -0.15) is 0 Å². The van der Waals surface area contributed by atoms with E-state index < -0.39 is 0 Å². The van der Waals surface area contributed by atoms with Gasteiger partial charge in [0.25, 0.3) is 0 Å². The third-order valence-electron chi connectivity index (χ3n) is 2.57. The minimum Gasteiger partial charge on any atom is -1.00 e. The van der Waals surface area contributed by atoms with Crippen LogP contribution in [0.4, 0.5) is 0 Å². The lowest BCUT2D eigenvalue weighted by Crippen LogP contribution is -3.00. The summed E-state index contributed by atoms with van der Waals surface area (Å²) in [5.41, 5.74) is 1.92. The molecule has 0 aliphatic rings. The average molecular weight is 300 g/mol. The molecule has 0 aliphatic heterocycles. The summed E-state index contributed by atoms with van der Waals surface area (Å²) in [6.07, 6.45) is 1.79. The fraction of sp³-hybridized carbons (Fsp3) is 0.214. The van der Waals surface area contributed by atoms with Crippen molar-refractivity contribution in [2.75, 3.05) is 7.11 Å². The molecule has 3 nitrogen and oxygen atoms in total. The van der Waals surface area contributed by atoms with Crippen molar-refractivity contribution in [2.24, 2.45) is 0 Å². The zero-order valence-electron chi connectivity index (χ0n) is 10.5. The van der Waals surface area contributed by atoms with Crippen LogP contribution in [0.2, 0.25) is 0 Å². The van der Waals surface area contributed by atoms with Crippen molar-refractivity contribution in [1.82, 2.24) is 0 Å². The van der Waals surface area contributed by atoms with E-state index >= 15 is 0 Å². The molecule has 102 valence electrons. The number of halogens is 2. The molecule has 0 bridgehead atoms. The molecule has 5 heteroatoms. The van der Waals surface area contributed by atoms with Crippen LogP contribution in [-0.4, -0.2) is 7.11 Å². The third-order valence-corrected chi connectivity index (χ3v) is 2.83. The van der Waals surface area contributed by atoms with Crippen LogP contribution < -0.4 is 26.9 Å². The Hall–Kier alpha value is -1.45. The molecule has 0 atom stereocenters. The predicted octanol–water partition coefficient (Wildman–Crippen LogP) is -0.169. The summed E-state index contributed by atoms with van der Waals surface area (Å²) in [7, 11) is 1.61. The number of nitrogens with one attached hydrogen (secondary N) is 1. The van der Waals surface area contributed by atoms with Gasteiger partial charge in [-0.25, -0.2) is 4.98 Å². The van der Waals surface area contributed by atoms with Crippen LogP contribution >= 0.6 is 11.6 Å². The van der Waals surface area contributed by atoms with Crippen LogP contribution in [-0.2, 0) is 12.5 Å². The molecule has 2 aromatic rings. The first-order valence-electron chi connectivity index (χ1n) is 5.65. The van der Waals surface area contributed by atoms with Gasteiger partial charge in [0.05, 0.1) is 7.11 Å². The maximum absolute atomic E-state index is 5.83. The summed E-state index contributed by atoms with van der Waals surface area (Å²) in [5, 5.41) is 0. The van der Waals surface area contributed by atoms with E-state index in [0.29, 0.717) is 24.0 Å². The van der Waals surface area contributed by atoms with Gasteiger partial charge < -0.3 is 21.9 Å². The van der Waals surface area contributed by atoms with E-state index in [4.69, 9.17) is 21.1 Å². The lowest BCUT2D eigenvalue weighted by molar-refractivity contribution is -0.389. The lowest BCUT2D eigenvalue weighted by atomic mass is 10.2. The molecule has 0 unspecified atom stereocenters. The van der Waals surface area contributed by atoms with Gasteiger partial charge >= 0.3 is 0 Å². The van der Waals surface area contributed by atoms with E-state index in [0.717, 1.165) is 11.3 Å². The maximum atomic E-state index is 5.83. The maximum Gasteiger partial charge on any atom is 0.240 e. The number of H-pyrrole nitrogens is 1. The van der Waals surface area contributed by atoms with Gasteiger partial charge in [0.2, 0.25) is 11.4 Å². The first-order valence-corrected chi connectivity index (χ1v) is 6.19. The Balaban J connectivity index is 0.00000180. The average Bonchev–Trinajstić information content (AvgIpc) is 2.45. The van der Waals surface area contributed by atoms with Crippen molar-refractivity contribution in [3.63, 3.8) is 0 Å². The molecule has 2 rings (SSSR count). The van der Waals surface area contributed by atoms with E-state index in [-0.39, 0.29) is 12.4 Å². The minimum absolute atomic E-state index is 0. The summed E-state index contributed by atoms with van der Waals surface area (Å²) >= 11 is 5.83. The van der Waals surface area contributed by atoms with Crippen molar-refractivity contribution in [3.05, 3.63) is 53.9 Å². The summed E-state index contributed by atoms with van der Waals surface area (Å²) in [6, 6.07) is 11.8. The number of rotatable bonds is 5. The number of benzene rings is 1. The number of aromatic nitrogens is 1. The van der Waals surface area contributed by atoms with Crippen molar-refractivity contribution in [2.45, 2.75) is 12.5 Å². The SMILES string of the molecule is COc1c(OCc2ccccc2)cc[nH+]c1CCl.[Cl-]. The Morgan fingerprint density at radius 2 is 1.89 bits per heavy atom. The fourth-order valence-corrected chi connectivity index (χ4v) is 1.88. The predicted molar refractivity (Wildman–Crippen MR) is 69.9 cm³/mol. The number of methoxy groups -OCH3 is 1. The van der Waals surface area contributed by atoms with Gasteiger partial charge in [0.1, 0.15) is 12.5 Å². The van der Waals surface area contributed by atoms with E-state index in [1.54, 1.807) is 13.3 Å². The van der Waals surface area contributed by atoms with Crippen LogP contribution in [0.25, 0.3) is 0 Å². The van der Waals surface area contributed by atoms with Crippen LogP contribution in [0.3, 0.4) is 0 Å². The molecule has 1 N–H and O–H groups in total. The second kappa shape index (κ2) is 7.87. The smallest absolute Gasteiger partial charge is 0.240 e. The minimum atomic E-state index is 0. The van der Waals surface area contributed by atoms with Crippen molar-refractivity contribution in [3.8, 4) is 11.5 Å². The van der Waals surface area contributed by atoms with Gasteiger partial charge in [0, 0.05) is 6.07 Å². The van der Waals surface area contributed by atoms with Crippen LogP contribution in [0, 0.1) is 0 Å². The first-order chi connectivity index (χ1) is 8.85. The van der Waals surface area contributed by atoms with Crippen molar-refractivity contribution < 1.29 is 26.9 Å². The Morgan fingerprint density at radius 3 is 2.53 bits per heavy atom. The third kappa shape index (κ3) is 4.01. The molecule has 0 aliphatic carbocycles. The molecule has 0 fully saturated rings. The molecule has 0 spiro atoms. The van der Waals surface area contributed by atoms with Crippen molar-refractivity contribution in [1.29, 1.82) is 0 Å². The lowest BCUT2D eigenvalue weighted by Gasteiger charge is -2.09. The van der Waals surface area contributed by atoms with E-state index in [1.165, 1.54) is 0 Å².